The van der Waals surface area contributed by atoms with Crippen LogP contribution in [0.1, 0.15) is 30.8 Å². The second-order valence-corrected chi connectivity index (χ2v) is 3.70. The van der Waals surface area contributed by atoms with Crippen LogP contribution in [0, 0.1) is 5.92 Å². The van der Waals surface area contributed by atoms with Gasteiger partial charge in [0.15, 0.2) is 5.69 Å². The third kappa shape index (κ3) is 3.97. The van der Waals surface area contributed by atoms with Crippen molar-refractivity contribution in [3.63, 3.8) is 0 Å². The second-order valence-electron chi connectivity index (χ2n) is 3.70. The van der Waals surface area contributed by atoms with E-state index in [2.05, 4.69) is 18.8 Å². The fourth-order valence-corrected chi connectivity index (χ4v) is 1.01. The van der Waals surface area contributed by atoms with Crippen LogP contribution in [0.15, 0.2) is 18.2 Å². The molecule has 0 saturated heterocycles. The summed E-state index contributed by atoms with van der Waals surface area (Å²) in [5, 5.41) is 8.70. The van der Waals surface area contributed by atoms with Gasteiger partial charge in [0.25, 0.3) is 0 Å². The fourth-order valence-electron chi connectivity index (χ4n) is 1.01. The molecule has 82 valence electrons. The number of hydrogen-bond acceptors (Lipinski definition) is 3. The summed E-state index contributed by atoms with van der Waals surface area (Å²) in [6.45, 7) is 4.77. The molecule has 0 fully saturated rings. The van der Waals surface area contributed by atoms with E-state index in [-0.39, 0.29) is 5.69 Å². The van der Waals surface area contributed by atoms with E-state index < -0.39 is 5.97 Å². The van der Waals surface area contributed by atoms with Crippen LogP contribution in [0.4, 0.5) is 0 Å². The number of hydrogen-bond donors (Lipinski definition) is 1. The van der Waals surface area contributed by atoms with E-state index in [0.717, 1.165) is 6.42 Å². The Hall–Kier alpha value is -1.58. The summed E-state index contributed by atoms with van der Waals surface area (Å²) in [5.74, 6) is -0.104. The van der Waals surface area contributed by atoms with Crippen molar-refractivity contribution in [1.82, 2.24) is 4.98 Å². The minimum absolute atomic E-state index is 0.0112. The highest BCUT2D eigenvalue weighted by Gasteiger charge is 2.05. The Bertz CT molecular complexity index is 336. The van der Waals surface area contributed by atoms with E-state index in [1.54, 1.807) is 12.1 Å². The molecule has 0 unspecified atom stereocenters. The molecule has 0 amide bonds. The highest BCUT2D eigenvalue weighted by molar-refractivity contribution is 5.85. The normalized spacial score (nSPS) is 10.3. The minimum Gasteiger partial charge on any atom is -0.478 e. The number of carbonyl (C=O) groups is 1. The molecule has 0 spiro atoms. The van der Waals surface area contributed by atoms with Gasteiger partial charge in [-0.3, -0.25) is 0 Å². The molecule has 1 N–H and O–H groups in total. The van der Waals surface area contributed by atoms with Crippen LogP contribution < -0.4 is 4.74 Å². The predicted octanol–water partition coefficient (Wildman–Crippen LogP) is 2.20. The smallest absolute Gasteiger partial charge is 0.354 e. The number of carboxylic acids is 1. The van der Waals surface area contributed by atoms with Gasteiger partial charge in [-0.05, 0) is 18.4 Å². The number of ether oxygens (including phenoxy) is 1. The molecule has 0 radical (unpaired) electrons. The van der Waals surface area contributed by atoms with Crippen LogP contribution in [0.25, 0.3) is 0 Å². The maximum Gasteiger partial charge on any atom is 0.354 e. The summed E-state index contributed by atoms with van der Waals surface area (Å²) >= 11 is 0. The molecule has 0 atom stereocenters. The third-order valence-corrected chi connectivity index (χ3v) is 1.89. The van der Waals surface area contributed by atoms with Crippen LogP contribution in [-0.2, 0) is 0 Å². The number of pyridine rings is 1. The van der Waals surface area contributed by atoms with E-state index in [0.29, 0.717) is 18.4 Å². The van der Waals surface area contributed by atoms with Gasteiger partial charge in [-0.1, -0.05) is 19.9 Å². The molecular formula is C11H15NO3. The molecule has 0 aliphatic heterocycles. The third-order valence-electron chi connectivity index (χ3n) is 1.89. The van der Waals surface area contributed by atoms with Crippen molar-refractivity contribution in [3.05, 3.63) is 23.9 Å². The van der Waals surface area contributed by atoms with E-state index in [9.17, 15) is 4.79 Å². The molecule has 1 aromatic heterocycles. The minimum atomic E-state index is -1.04. The lowest BCUT2D eigenvalue weighted by Crippen LogP contribution is -2.05. The zero-order valence-electron chi connectivity index (χ0n) is 8.93. The number of rotatable bonds is 5. The van der Waals surface area contributed by atoms with Crippen molar-refractivity contribution in [2.24, 2.45) is 5.92 Å². The highest BCUT2D eigenvalue weighted by atomic mass is 16.5. The van der Waals surface area contributed by atoms with Crippen molar-refractivity contribution >= 4 is 5.97 Å². The van der Waals surface area contributed by atoms with Gasteiger partial charge in [0.05, 0.1) is 6.61 Å². The molecule has 15 heavy (non-hydrogen) atoms. The largest absolute Gasteiger partial charge is 0.478 e. The quantitative estimate of drug-likeness (QED) is 0.807. The van der Waals surface area contributed by atoms with E-state index in [4.69, 9.17) is 9.84 Å². The van der Waals surface area contributed by atoms with Crippen LogP contribution in [0.3, 0.4) is 0 Å². The van der Waals surface area contributed by atoms with E-state index in [1.165, 1.54) is 6.07 Å². The lowest BCUT2D eigenvalue weighted by atomic mass is 10.1. The molecule has 4 nitrogen and oxygen atoms in total. The van der Waals surface area contributed by atoms with Crippen LogP contribution in [0.2, 0.25) is 0 Å². The summed E-state index contributed by atoms with van der Waals surface area (Å²) in [6.07, 6.45) is 0.930. The molecule has 1 heterocycles. The fraction of sp³-hybridized carbons (Fsp3) is 0.455. The molecule has 0 bridgehead atoms. The Balaban J connectivity index is 2.54. The standard InChI is InChI=1S/C11H15NO3/c1-8(2)6-7-15-10-5-3-4-9(12-10)11(13)14/h3-5,8H,6-7H2,1-2H3,(H,13,14). The van der Waals surface area contributed by atoms with Gasteiger partial charge in [-0.15, -0.1) is 0 Å². The zero-order valence-corrected chi connectivity index (χ0v) is 8.93. The average molecular weight is 209 g/mol. The van der Waals surface area contributed by atoms with Crippen LogP contribution >= 0.6 is 0 Å². The monoisotopic (exact) mass is 209 g/mol. The Morgan fingerprint density at radius 2 is 2.27 bits per heavy atom. The first-order chi connectivity index (χ1) is 7.09. The first kappa shape index (κ1) is 11.5. The zero-order chi connectivity index (χ0) is 11.3. The predicted molar refractivity (Wildman–Crippen MR) is 56.1 cm³/mol. The van der Waals surface area contributed by atoms with Crippen molar-refractivity contribution in [2.75, 3.05) is 6.61 Å². The van der Waals surface area contributed by atoms with Crippen LogP contribution in [0.5, 0.6) is 5.88 Å². The lowest BCUT2D eigenvalue weighted by molar-refractivity contribution is 0.0689. The Labute approximate surface area is 88.9 Å². The SMILES string of the molecule is CC(C)CCOc1cccc(C(=O)O)n1. The van der Waals surface area contributed by atoms with Crippen LogP contribution in [-0.4, -0.2) is 22.7 Å². The number of aromatic carboxylic acids is 1. The molecule has 1 aromatic rings. The molecule has 4 heteroatoms. The van der Waals surface area contributed by atoms with E-state index >= 15 is 0 Å². The molecule has 1 rings (SSSR count). The second kappa shape index (κ2) is 5.34. The number of aromatic nitrogens is 1. The first-order valence-corrected chi connectivity index (χ1v) is 4.92. The van der Waals surface area contributed by atoms with Crippen molar-refractivity contribution in [3.8, 4) is 5.88 Å². The Morgan fingerprint density at radius 3 is 2.87 bits per heavy atom. The Morgan fingerprint density at radius 1 is 1.53 bits per heavy atom. The average Bonchev–Trinajstić information content (AvgIpc) is 2.17. The molecule has 0 aromatic carbocycles. The number of nitrogens with zero attached hydrogens (tertiary/aromatic N) is 1. The first-order valence-electron chi connectivity index (χ1n) is 4.92. The topological polar surface area (TPSA) is 59.4 Å². The maximum absolute atomic E-state index is 10.6. The molecule has 0 aliphatic rings. The summed E-state index contributed by atoms with van der Waals surface area (Å²) in [4.78, 5) is 14.5. The molecule has 0 saturated carbocycles. The molecule has 0 aliphatic carbocycles. The summed E-state index contributed by atoms with van der Waals surface area (Å²) in [6, 6.07) is 4.73. The van der Waals surface area contributed by atoms with Gasteiger partial charge in [-0.25, -0.2) is 9.78 Å². The van der Waals surface area contributed by atoms with Crippen molar-refractivity contribution in [1.29, 1.82) is 0 Å². The lowest BCUT2D eigenvalue weighted by Gasteiger charge is -2.07. The van der Waals surface area contributed by atoms with Gasteiger partial charge in [-0.2, -0.15) is 0 Å². The summed E-state index contributed by atoms with van der Waals surface area (Å²) < 4.78 is 5.33. The summed E-state index contributed by atoms with van der Waals surface area (Å²) in [7, 11) is 0. The number of carboxylic acid groups (broad SMARTS) is 1. The Kier molecular flexibility index (Phi) is 4.09. The van der Waals surface area contributed by atoms with Gasteiger partial charge in [0.1, 0.15) is 0 Å². The van der Waals surface area contributed by atoms with Gasteiger partial charge < -0.3 is 9.84 Å². The van der Waals surface area contributed by atoms with Crippen molar-refractivity contribution < 1.29 is 14.6 Å². The summed E-state index contributed by atoms with van der Waals surface area (Å²) in [5.41, 5.74) is 0.0112. The van der Waals surface area contributed by atoms with Gasteiger partial charge >= 0.3 is 5.97 Å². The highest BCUT2D eigenvalue weighted by Crippen LogP contribution is 2.09. The maximum atomic E-state index is 10.6. The van der Waals surface area contributed by atoms with Gasteiger partial charge in [0.2, 0.25) is 5.88 Å². The van der Waals surface area contributed by atoms with Gasteiger partial charge in [0, 0.05) is 6.07 Å². The van der Waals surface area contributed by atoms with E-state index in [1.807, 2.05) is 0 Å². The van der Waals surface area contributed by atoms with Crippen molar-refractivity contribution in [2.45, 2.75) is 20.3 Å². The molecular weight excluding hydrogens is 194 g/mol.